The summed E-state index contributed by atoms with van der Waals surface area (Å²) in [5.74, 6) is 0. The topological polar surface area (TPSA) is 13.1 Å². The number of hydrogen-bond acceptors (Lipinski definition) is 1. The van der Waals surface area contributed by atoms with Crippen molar-refractivity contribution in [2.24, 2.45) is 0 Å². The number of fused-ring (bicyclic) bond motifs is 7. The molecule has 1 aromatic heterocycles. The average molecular weight is 608 g/mol. The zero-order valence-corrected chi connectivity index (χ0v) is 24.7. The molecule has 10 aromatic rings. The molecule has 0 fully saturated rings. The predicted octanol–water partition coefficient (Wildman–Crippen LogP) is 13.2. The molecule has 1 nitrogen and oxygen atoms in total. The van der Waals surface area contributed by atoms with E-state index < -0.39 is 72.0 Å². The van der Waals surface area contributed by atoms with E-state index in [0.29, 0.717) is 21.9 Å². The van der Waals surface area contributed by atoms with Gasteiger partial charge in [0.2, 0.25) is 0 Å². The highest BCUT2D eigenvalue weighted by Crippen LogP contribution is 2.48. The lowest BCUT2D eigenvalue weighted by Crippen LogP contribution is -1.92. The largest absolute Gasteiger partial charge is 0.456 e. The summed E-state index contributed by atoms with van der Waals surface area (Å²) in [7, 11) is 0. The van der Waals surface area contributed by atoms with Gasteiger partial charge in [0.05, 0.1) is 15.1 Å². The summed E-state index contributed by atoms with van der Waals surface area (Å²) in [6, 6.07) is 27.1. The van der Waals surface area contributed by atoms with E-state index in [9.17, 15) is 5.48 Å². The number of hydrogen-bond donors (Lipinski definition) is 0. The van der Waals surface area contributed by atoms with Crippen LogP contribution in [0.5, 0.6) is 0 Å². The second-order valence-corrected chi connectivity index (χ2v) is 11.6. The Morgan fingerprint density at radius 3 is 1.62 bits per heavy atom. The summed E-state index contributed by atoms with van der Waals surface area (Å²) >= 11 is 0. The van der Waals surface area contributed by atoms with Gasteiger partial charge in [-0.1, -0.05) is 151 Å². The number of rotatable bonds is 3. The average Bonchev–Trinajstić information content (AvgIpc) is 3.61. The Kier molecular flexibility index (Phi) is 3.79. The van der Waals surface area contributed by atoms with Gasteiger partial charge in [0.25, 0.3) is 0 Å². The SMILES string of the molecule is [2H]c1c([2H])c([2H])c(-c2c([2H])c([2H])c(-c3c4ccccc4c(-c4cccc5oc6cc7ccccc7cc6c45)c4ccccc34)c3c([2H])c([2H])c([2H])c([2H])c23)c([2H])c1[2H]. The Morgan fingerprint density at radius 1 is 0.383 bits per heavy atom. The van der Waals surface area contributed by atoms with Gasteiger partial charge in [-0.2, -0.15) is 0 Å². The van der Waals surface area contributed by atoms with Crippen molar-refractivity contribution >= 4 is 65.0 Å². The second-order valence-electron chi connectivity index (χ2n) is 11.6. The third-order valence-corrected chi connectivity index (χ3v) is 9.06. The van der Waals surface area contributed by atoms with Crippen LogP contribution in [0.15, 0.2) is 174 Å². The first-order valence-corrected chi connectivity index (χ1v) is 15.3. The molecule has 0 atom stereocenters. The van der Waals surface area contributed by atoms with E-state index in [2.05, 4.69) is 18.2 Å². The van der Waals surface area contributed by atoms with Gasteiger partial charge in [0.1, 0.15) is 11.2 Å². The number of benzene rings is 9. The standard InChI is InChI=1S/C46H28O/c1-2-13-29(14-3-1)32-25-26-39(34-18-7-6-17-33(32)34)44-35-19-8-10-21-37(35)45(38-22-11-9-20-36(38)44)40-23-12-24-42-46(40)41-27-30-15-4-5-16-31(30)28-43(41)47-42/h1-28H/i1D,2D,3D,6D,7D,13D,14D,17D,18D,25D,26D. The van der Waals surface area contributed by atoms with Crippen LogP contribution in [0.3, 0.4) is 0 Å². The van der Waals surface area contributed by atoms with E-state index in [-0.39, 0.29) is 21.9 Å². The summed E-state index contributed by atoms with van der Waals surface area (Å²) < 4.78 is 104. The van der Waals surface area contributed by atoms with E-state index in [1.807, 2.05) is 84.9 Å². The van der Waals surface area contributed by atoms with Crippen molar-refractivity contribution in [2.45, 2.75) is 0 Å². The van der Waals surface area contributed by atoms with Crippen LogP contribution in [-0.4, -0.2) is 0 Å². The maximum Gasteiger partial charge on any atom is 0.136 e. The zero-order chi connectivity index (χ0) is 40.5. The highest BCUT2D eigenvalue weighted by molar-refractivity contribution is 6.27. The molecule has 9 aromatic carbocycles. The van der Waals surface area contributed by atoms with Gasteiger partial charge in [0.15, 0.2) is 0 Å². The van der Waals surface area contributed by atoms with Gasteiger partial charge in [-0.25, -0.2) is 0 Å². The van der Waals surface area contributed by atoms with Crippen LogP contribution in [0.2, 0.25) is 0 Å². The monoisotopic (exact) mass is 607 g/mol. The van der Waals surface area contributed by atoms with Crippen molar-refractivity contribution in [3.8, 4) is 33.4 Å². The molecule has 10 rings (SSSR count). The Morgan fingerprint density at radius 2 is 0.936 bits per heavy atom. The minimum atomic E-state index is -0.666. The Bertz CT molecular complexity index is 3390. The smallest absolute Gasteiger partial charge is 0.136 e. The van der Waals surface area contributed by atoms with Gasteiger partial charge in [-0.05, 0) is 94.7 Å². The minimum absolute atomic E-state index is 0.0699. The zero-order valence-electron chi connectivity index (χ0n) is 35.7. The molecule has 0 aliphatic carbocycles. The van der Waals surface area contributed by atoms with Gasteiger partial charge in [-0.15, -0.1) is 0 Å². The van der Waals surface area contributed by atoms with E-state index in [0.717, 1.165) is 49.0 Å². The highest BCUT2D eigenvalue weighted by Gasteiger charge is 2.21. The van der Waals surface area contributed by atoms with E-state index in [1.54, 1.807) is 0 Å². The summed E-state index contributed by atoms with van der Waals surface area (Å²) in [4.78, 5) is 0. The fraction of sp³-hybridized carbons (Fsp3) is 0. The molecule has 0 bridgehead atoms. The molecular weight excluding hydrogens is 569 g/mol. The quantitative estimate of drug-likeness (QED) is 0.182. The van der Waals surface area contributed by atoms with E-state index in [1.165, 1.54) is 0 Å². The Balaban J connectivity index is 1.39. The molecule has 218 valence electrons. The van der Waals surface area contributed by atoms with Gasteiger partial charge < -0.3 is 4.42 Å². The first-order valence-electron chi connectivity index (χ1n) is 20.8. The van der Waals surface area contributed by atoms with Crippen LogP contribution < -0.4 is 0 Å². The highest BCUT2D eigenvalue weighted by atomic mass is 16.3. The van der Waals surface area contributed by atoms with E-state index >= 15 is 0 Å². The first kappa shape index (κ1) is 17.5. The van der Waals surface area contributed by atoms with E-state index in [4.69, 9.17) is 14.0 Å². The first-order chi connectivity index (χ1) is 27.9. The molecule has 0 radical (unpaired) electrons. The van der Waals surface area contributed by atoms with Crippen molar-refractivity contribution in [3.63, 3.8) is 0 Å². The van der Waals surface area contributed by atoms with Crippen LogP contribution in [0.1, 0.15) is 15.1 Å². The molecule has 0 spiro atoms. The van der Waals surface area contributed by atoms with Crippen molar-refractivity contribution in [1.29, 1.82) is 0 Å². The molecule has 0 unspecified atom stereocenters. The third-order valence-electron chi connectivity index (χ3n) is 9.06. The molecule has 0 saturated heterocycles. The fourth-order valence-corrected chi connectivity index (χ4v) is 7.10. The molecule has 0 aliphatic heterocycles. The lowest BCUT2D eigenvalue weighted by molar-refractivity contribution is 0.669. The molecule has 0 N–H and O–H groups in total. The third kappa shape index (κ3) is 3.90. The van der Waals surface area contributed by atoms with Crippen LogP contribution >= 0.6 is 0 Å². The summed E-state index contributed by atoms with van der Waals surface area (Å²) in [5.41, 5.74) is 3.03. The van der Waals surface area contributed by atoms with Crippen molar-refractivity contribution in [1.82, 2.24) is 0 Å². The molecule has 0 saturated carbocycles. The maximum atomic E-state index is 9.69. The molecule has 0 amide bonds. The van der Waals surface area contributed by atoms with Crippen molar-refractivity contribution in [2.75, 3.05) is 0 Å². The Hall–Kier alpha value is -6.18. The van der Waals surface area contributed by atoms with Gasteiger partial charge in [0, 0.05) is 10.8 Å². The van der Waals surface area contributed by atoms with Gasteiger partial charge >= 0.3 is 0 Å². The maximum absolute atomic E-state index is 9.69. The predicted molar refractivity (Wildman–Crippen MR) is 200 cm³/mol. The fourth-order valence-electron chi connectivity index (χ4n) is 7.10. The second kappa shape index (κ2) is 10.2. The minimum Gasteiger partial charge on any atom is -0.456 e. The summed E-state index contributed by atoms with van der Waals surface area (Å²) in [5, 5.41) is 6.57. The lowest BCUT2D eigenvalue weighted by Gasteiger charge is -2.20. The van der Waals surface area contributed by atoms with Crippen LogP contribution in [0.25, 0.3) is 98.4 Å². The number of furan rings is 1. The van der Waals surface area contributed by atoms with Crippen molar-refractivity contribution in [3.05, 3.63) is 170 Å². The molecule has 1 heterocycles. The van der Waals surface area contributed by atoms with Crippen LogP contribution in [0.4, 0.5) is 0 Å². The normalized spacial score (nSPS) is 15.1. The molecule has 0 aliphatic rings. The van der Waals surface area contributed by atoms with Crippen LogP contribution in [-0.2, 0) is 0 Å². The Labute approximate surface area is 287 Å². The summed E-state index contributed by atoms with van der Waals surface area (Å²) in [6.07, 6.45) is 0. The van der Waals surface area contributed by atoms with Crippen molar-refractivity contribution < 1.29 is 19.5 Å². The molecular formula is C46H28O. The molecule has 47 heavy (non-hydrogen) atoms. The summed E-state index contributed by atoms with van der Waals surface area (Å²) in [6.45, 7) is 0. The molecule has 1 heteroatoms. The van der Waals surface area contributed by atoms with Crippen LogP contribution in [0, 0.1) is 0 Å². The van der Waals surface area contributed by atoms with Gasteiger partial charge in [-0.3, -0.25) is 0 Å². The lowest BCUT2D eigenvalue weighted by atomic mass is 9.83.